The SMILES string of the molecule is C=CCN(CCO)c1nc(C)cc(C)c1CNCC(C)C. The van der Waals surface area contributed by atoms with Crippen molar-refractivity contribution in [1.29, 1.82) is 0 Å². The maximum atomic E-state index is 9.28. The lowest BCUT2D eigenvalue weighted by molar-refractivity contribution is 0.302. The fourth-order valence-corrected chi connectivity index (χ4v) is 2.37. The molecule has 0 saturated heterocycles. The van der Waals surface area contributed by atoms with Crippen LogP contribution in [0.1, 0.15) is 30.7 Å². The van der Waals surface area contributed by atoms with Gasteiger partial charge in [-0.15, -0.1) is 6.58 Å². The van der Waals surface area contributed by atoms with Gasteiger partial charge in [0.05, 0.1) is 6.61 Å². The molecule has 0 bridgehead atoms. The van der Waals surface area contributed by atoms with Crippen LogP contribution in [0.2, 0.25) is 0 Å². The summed E-state index contributed by atoms with van der Waals surface area (Å²) in [6.45, 7) is 15.5. The first-order valence-electron chi connectivity index (χ1n) is 7.64. The van der Waals surface area contributed by atoms with Gasteiger partial charge >= 0.3 is 0 Å². The lowest BCUT2D eigenvalue weighted by atomic mass is 10.1. The summed E-state index contributed by atoms with van der Waals surface area (Å²) in [7, 11) is 0. The van der Waals surface area contributed by atoms with E-state index in [4.69, 9.17) is 4.98 Å². The monoisotopic (exact) mass is 291 g/mol. The first-order chi connectivity index (χ1) is 9.99. The van der Waals surface area contributed by atoms with Crippen molar-refractivity contribution in [3.8, 4) is 0 Å². The fourth-order valence-electron chi connectivity index (χ4n) is 2.37. The number of aryl methyl sites for hydroxylation is 2. The molecule has 2 N–H and O–H groups in total. The zero-order chi connectivity index (χ0) is 15.8. The Morgan fingerprint density at radius 1 is 1.43 bits per heavy atom. The maximum absolute atomic E-state index is 9.28. The third-order valence-corrected chi connectivity index (χ3v) is 3.33. The summed E-state index contributed by atoms with van der Waals surface area (Å²) in [5.74, 6) is 1.58. The number of hydrogen-bond donors (Lipinski definition) is 2. The highest BCUT2D eigenvalue weighted by Gasteiger charge is 2.14. The molecule has 0 saturated carbocycles. The number of aliphatic hydroxyl groups is 1. The fraction of sp³-hybridized carbons (Fsp3) is 0.588. The molecular weight excluding hydrogens is 262 g/mol. The molecule has 0 amide bonds. The minimum Gasteiger partial charge on any atom is -0.395 e. The molecule has 0 spiro atoms. The zero-order valence-corrected chi connectivity index (χ0v) is 13.8. The Bertz CT molecular complexity index is 458. The van der Waals surface area contributed by atoms with E-state index in [0.29, 0.717) is 19.0 Å². The molecule has 0 aliphatic carbocycles. The second-order valence-corrected chi connectivity index (χ2v) is 5.87. The van der Waals surface area contributed by atoms with Crippen LogP contribution in [0, 0.1) is 19.8 Å². The van der Waals surface area contributed by atoms with Crippen LogP contribution in [0.3, 0.4) is 0 Å². The summed E-state index contributed by atoms with van der Waals surface area (Å²) in [5.41, 5.74) is 3.44. The number of anilines is 1. The van der Waals surface area contributed by atoms with Gasteiger partial charge in [0.25, 0.3) is 0 Å². The summed E-state index contributed by atoms with van der Waals surface area (Å²) < 4.78 is 0. The number of nitrogens with zero attached hydrogens (tertiary/aromatic N) is 2. The third-order valence-electron chi connectivity index (χ3n) is 3.33. The summed E-state index contributed by atoms with van der Waals surface area (Å²) in [6, 6.07) is 2.11. The topological polar surface area (TPSA) is 48.4 Å². The van der Waals surface area contributed by atoms with Gasteiger partial charge in [-0.3, -0.25) is 0 Å². The quantitative estimate of drug-likeness (QED) is 0.686. The number of aliphatic hydroxyl groups excluding tert-OH is 1. The molecule has 0 unspecified atom stereocenters. The molecule has 0 atom stereocenters. The van der Waals surface area contributed by atoms with Gasteiger partial charge in [-0.05, 0) is 37.9 Å². The van der Waals surface area contributed by atoms with Gasteiger partial charge in [-0.2, -0.15) is 0 Å². The van der Waals surface area contributed by atoms with Crippen LogP contribution in [-0.4, -0.2) is 36.3 Å². The van der Waals surface area contributed by atoms with Crippen molar-refractivity contribution in [2.45, 2.75) is 34.2 Å². The predicted molar refractivity (Wildman–Crippen MR) is 89.8 cm³/mol. The van der Waals surface area contributed by atoms with Crippen LogP contribution in [0.15, 0.2) is 18.7 Å². The smallest absolute Gasteiger partial charge is 0.133 e. The zero-order valence-electron chi connectivity index (χ0n) is 13.8. The molecule has 1 aromatic heterocycles. The van der Waals surface area contributed by atoms with E-state index in [-0.39, 0.29) is 6.61 Å². The van der Waals surface area contributed by atoms with Crippen molar-refractivity contribution < 1.29 is 5.11 Å². The van der Waals surface area contributed by atoms with Crippen LogP contribution >= 0.6 is 0 Å². The van der Waals surface area contributed by atoms with E-state index in [0.717, 1.165) is 24.6 Å². The van der Waals surface area contributed by atoms with E-state index in [1.165, 1.54) is 11.1 Å². The summed E-state index contributed by atoms with van der Waals surface area (Å²) in [6.07, 6.45) is 1.85. The molecule has 1 rings (SSSR count). The van der Waals surface area contributed by atoms with Crippen molar-refractivity contribution >= 4 is 5.82 Å². The van der Waals surface area contributed by atoms with Gasteiger partial charge in [-0.25, -0.2) is 4.98 Å². The third kappa shape index (κ3) is 5.48. The second-order valence-electron chi connectivity index (χ2n) is 5.87. The minimum absolute atomic E-state index is 0.112. The Balaban J connectivity index is 3.05. The highest BCUT2D eigenvalue weighted by atomic mass is 16.3. The van der Waals surface area contributed by atoms with Gasteiger partial charge in [-0.1, -0.05) is 19.9 Å². The highest BCUT2D eigenvalue weighted by Crippen LogP contribution is 2.22. The van der Waals surface area contributed by atoms with Crippen molar-refractivity contribution in [3.05, 3.63) is 35.5 Å². The lowest BCUT2D eigenvalue weighted by Gasteiger charge is -2.26. The Kier molecular flexibility index (Phi) is 7.40. The largest absolute Gasteiger partial charge is 0.395 e. The molecule has 0 aliphatic rings. The standard InChI is InChI=1S/C17H29N3O/c1-6-7-20(8-9-21)17-16(12-18-11-13(2)3)14(4)10-15(5)19-17/h6,10,13,18,21H,1,7-9,11-12H2,2-5H3. The van der Waals surface area contributed by atoms with Gasteiger partial charge in [0.15, 0.2) is 0 Å². The highest BCUT2D eigenvalue weighted by molar-refractivity contribution is 5.52. The first kappa shape index (κ1) is 17.7. The number of hydrogen-bond acceptors (Lipinski definition) is 4. The molecule has 1 heterocycles. The van der Waals surface area contributed by atoms with Crippen molar-refractivity contribution in [3.63, 3.8) is 0 Å². The van der Waals surface area contributed by atoms with Crippen LogP contribution in [0.4, 0.5) is 5.82 Å². The summed E-state index contributed by atoms with van der Waals surface area (Å²) in [5, 5.41) is 12.8. The van der Waals surface area contributed by atoms with Crippen LogP contribution in [0.5, 0.6) is 0 Å². The predicted octanol–water partition coefficient (Wildman–Crippen LogP) is 2.43. The first-order valence-corrected chi connectivity index (χ1v) is 7.64. The Morgan fingerprint density at radius 2 is 2.14 bits per heavy atom. The molecule has 0 radical (unpaired) electrons. The number of rotatable bonds is 9. The van der Waals surface area contributed by atoms with Gasteiger partial charge < -0.3 is 15.3 Å². The molecular formula is C17H29N3O. The number of aromatic nitrogens is 1. The molecule has 0 aliphatic heterocycles. The molecule has 21 heavy (non-hydrogen) atoms. The van der Waals surface area contributed by atoms with E-state index < -0.39 is 0 Å². The Labute approximate surface area is 128 Å². The van der Waals surface area contributed by atoms with Gasteiger partial charge in [0.1, 0.15) is 5.82 Å². The van der Waals surface area contributed by atoms with E-state index in [9.17, 15) is 5.11 Å². The second kappa shape index (κ2) is 8.80. The van der Waals surface area contributed by atoms with E-state index >= 15 is 0 Å². The molecule has 0 fully saturated rings. The lowest BCUT2D eigenvalue weighted by Crippen LogP contribution is -2.30. The van der Waals surface area contributed by atoms with Crippen LogP contribution in [-0.2, 0) is 6.54 Å². The minimum atomic E-state index is 0.112. The maximum Gasteiger partial charge on any atom is 0.133 e. The van der Waals surface area contributed by atoms with Crippen molar-refractivity contribution in [2.24, 2.45) is 5.92 Å². The average Bonchev–Trinajstić information content (AvgIpc) is 2.40. The molecule has 118 valence electrons. The molecule has 1 aromatic rings. The van der Waals surface area contributed by atoms with E-state index in [2.05, 4.69) is 43.6 Å². The average molecular weight is 291 g/mol. The number of nitrogens with one attached hydrogen (secondary N) is 1. The molecule has 4 nitrogen and oxygen atoms in total. The van der Waals surface area contributed by atoms with E-state index in [1.54, 1.807) is 0 Å². The Hall–Kier alpha value is -1.39. The molecule has 4 heteroatoms. The normalized spacial score (nSPS) is 11.0. The molecule has 0 aromatic carbocycles. The summed E-state index contributed by atoms with van der Waals surface area (Å²) in [4.78, 5) is 6.78. The van der Waals surface area contributed by atoms with Crippen molar-refractivity contribution in [2.75, 3.05) is 31.1 Å². The number of pyridine rings is 1. The Morgan fingerprint density at radius 3 is 2.71 bits per heavy atom. The summed E-state index contributed by atoms with van der Waals surface area (Å²) >= 11 is 0. The van der Waals surface area contributed by atoms with Crippen LogP contribution in [0.25, 0.3) is 0 Å². The van der Waals surface area contributed by atoms with Gasteiger partial charge in [0.2, 0.25) is 0 Å². The van der Waals surface area contributed by atoms with Crippen LogP contribution < -0.4 is 10.2 Å². The van der Waals surface area contributed by atoms with E-state index in [1.807, 2.05) is 13.0 Å². The van der Waals surface area contributed by atoms with Crippen molar-refractivity contribution in [1.82, 2.24) is 10.3 Å². The van der Waals surface area contributed by atoms with Gasteiger partial charge in [0, 0.05) is 30.9 Å².